The Balaban J connectivity index is 0.00000462. The number of likely N-dealkylation sites (tertiary alicyclic amines) is 1. The Morgan fingerprint density at radius 3 is 2.17 bits per heavy atom. The van der Waals surface area contributed by atoms with Gasteiger partial charge >= 0.3 is 6.09 Å². The first-order valence-corrected chi connectivity index (χ1v) is 14.5. The van der Waals surface area contributed by atoms with Crippen LogP contribution in [0.25, 0.3) is 0 Å². The van der Waals surface area contributed by atoms with Crippen molar-refractivity contribution in [3.8, 4) is 0 Å². The van der Waals surface area contributed by atoms with E-state index in [4.69, 9.17) is 9.73 Å². The molecule has 0 bridgehead atoms. The molecule has 4 rings (SSSR count). The highest BCUT2D eigenvalue weighted by molar-refractivity contribution is 9.10. The summed E-state index contributed by atoms with van der Waals surface area (Å²) in [6.45, 7) is 10.2. The van der Waals surface area contributed by atoms with Gasteiger partial charge in [-0.2, -0.15) is 0 Å². The van der Waals surface area contributed by atoms with Crippen molar-refractivity contribution < 1.29 is 18.3 Å². The average Bonchev–Trinajstić information content (AvgIpc) is 2.91. The lowest BCUT2D eigenvalue weighted by molar-refractivity contribution is 0.0236. The normalized spacial score (nSPS) is 16.3. The van der Waals surface area contributed by atoms with Crippen LogP contribution < -0.4 is 10.2 Å². The highest BCUT2D eigenvalue weighted by Gasteiger charge is 2.26. The summed E-state index contributed by atoms with van der Waals surface area (Å²) in [7, 11) is 0. The number of hydrogen-bond donors (Lipinski definition) is 1. The fraction of sp³-hybridized carbons (Fsp3) is 0.467. The Bertz CT molecular complexity index is 1200. The third kappa shape index (κ3) is 9.70. The minimum absolute atomic E-state index is 0. The molecule has 0 atom stereocenters. The first-order chi connectivity index (χ1) is 19.1. The van der Waals surface area contributed by atoms with Crippen molar-refractivity contribution in [2.45, 2.75) is 45.8 Å². The second kappa shape index (κ2) is 15.0. The first-order valence-electron chi connectivity index (χ1n) is 13.7. The number of guanidine groups is 1. The highest BCUT2D eigenvalue weighted by Crippen LogP contribution is 2.24. The number of carbonyl (C=O) groups is 1. The zero-order valence-corrected chi connectivity index (χ0v) is 27.1. The van der Waals surface area contributed by atoms with Crippen LogP contribution in [0.5, 0.6) is 0 Å². The van der Waals surface area contributed by atoms with Crippen LogP contribution >= 0.6 is 32.9 Å². The van der Waals surface area contributed by atoms with Crippen LogP contribution in [-0.4, -0.2) is 73.3 Å². The number of anilines is 1. The maximum atomic E-state index is 14.3. The van der Waals surface area contributed by atoms with E-state index >= 15 is 0 Å². The second-order valence-electron chi connectivity index (χ2n) is 11.0. The fourth-order valence-electron chi connectivity index (χ4n) is 4.75. The van der Waals surface area contributed by atoms with Gasteiger partial charge < -0.3 is 24.8 Å². The number of carbonyl (C=O) groups excluding carboxylic acids is 1. The molecule has 2 aromatic carbocycles. The van der Waals surface area contributed by atoms with Gasteiger partial charge in [0.05, 0.1) is 6.54 Å². The molecule has 11 heteroatoms. The van der Waals surface area contributed by atoms with Gasteiger partial charge in [-0.15, -0.1) is 17.0 Å². The number of piperazine rings is 1. The Hall–Kier alpha value is -2.66. The van der Waals surface area contributed by atoms with Crippen molar-refractivity contribution in [2.24, 2.45) is 4.99 Å². The summed E-state index contributed by atoms with van der Waals surface area (Å²) >= 11 is 3.47. The molecular formula is C30H39Br2F2N5O2. The van der Waals surface area contributed by atoms with Crippen molar-refractivity contribution in [1.29, 1.82) is 0 Å². The van der Waals surface area contributed by atoms with Gasteiger partial charge in [0.1, 0.15) is 22.9 Å². The number of benzene rings is 2. The predicted molar refractivity (Wildman–Crippen MR) is 169 cm³/mol. The SMILES string of the molecule is Br.CC(C)(C)OC(=O)N1CCC(=CCNC(=NCc2ccc(Br)cc2)N2CCN(c3c(F)cccc3F)CC2)CC1. The van der Waals surface area contributed by atoms with Gasteiger partial charge in [-0.25, -0.2) is 18.6 Å². The molecule has 0 spiro atoms. The zero-order chi connectivity index (χ0) is 28.7. The third-order valence-corrected chi connectivity index (χ3v) is 7.39. The molecule has 0 radical (unpaired) electrons. The predicted octanol–water partition coefficient (Wildman–Crippen LogP) is 6.53. The van der Waals surface area contributed by atoms with Crippen molar-refractivity contribution in [3.63, 3.8) is 0 Å². The standard InChI is InChI=1S/C30H38BrF2N5O2.BrH/c1-30(2,3)40-29(39)38-15-12-22(13-16-38)11-14-34-28(35-21-23-7-9-24(31)10-8-23)37-19-17-36(18-20-37)27-25(32)5-4-6-26(27)33;/h4-11H,12-21H2,1-3H3,(H,34,35);1H. The number of aliphatic imine (C=N–C) groups is 1. The number of ether oxygens (including phenoxy) is 1. The Labute approximate surface area is 260 Å². The molecule has 2 aromatic rings. The number of rotatable bonds is 5. The van der Waals surface area contributed by atoms with Crippen LogP contribution in [0.3, 0.4) is 0 Å². The molecule has 0 aromatic heterocycles. The summed E-state index contributed by atoms with van der Waals surface area (Å²) in [5, 5.41) is 3.48. The van der Waals surface area contributed by atoms with Gasteiger partial charge in [0.25, 0.3) is 0 Å². The molecule has 1 N–H and O–H groups in total. The topological polar surface area (TPSA) is 60.4 Å². The van der Waals surface area contributed by atoms with E-state index in [0.29, 0.717) is 52.4 Å². The maximum Gasteiger partial charge on any atom is 0.410 e. The summed E-state index contributed by atoms with van der Waals surface area (Å²) in [5.74, 6) is -0.320. The van der Waals surface area contributed by atoms with Gasteiger partial charge in [0.2, 0.25) is 0 Å². The Morgan fingerprint density at radius 2 is 1.59 bits per heavy atom. The van der Waals surface area contributed by atoms with Gasteiger partial charge in [0, 0.05) is 50.3 Å². The van der Waals surface area contributed by atoms with Crippen molar-refractivity contribution >= 4 is 50.7 Å². The van der Waals surface area contributed by atoms with Crippen LogP contribution in [0.15, 0.2) is 63.6 Å². The lowest BCUT2D eigenvalue weighted by Crippen LogP contribution is -2.53. The lowest BCUT2D eigenvalue weighted by atomic mass is 10.0. The first kappa shape index (κ1) is 32.8. The van der Waals surface area contributed by atoms with E-state index in [0.717, 1.165) is 28.8 Å². The summed E-state index contributed by atoms with van der Waals surface area (Å²) < 4.78 is 35.2. The molecule has 2 aliphatic rings. The number of nitrogens with zero attached hydrogens (tertiary/aromatic N) is 4. The molecule has 2 heterocycles. The van der Waals surface area contributed by atoms with Crippen molar-refractivity contribution in [2.75, 3.05) is 50.7 Å². The van der Waals surface area contributed by atoms with E-state index in [-0.39, 0.29) is 28.8 Å². The number of piperidine rings is 1. The monoisotopic (exact) mass is 697 g/mol. The Kier molecular flexibility index (Phi) is 12.0. The third-order valence-electron chi connectivity index (χ3n) is 6.87. The van der Waals surface area contributed by atoms with Gasteiger partial charge in [-0.1, -0.05) is 45.8 Å². The van der Waals surface area contributed by atoms with E-state index < -0.39 is 17.2 Å². The number of para-hydroxylation sites is 1. The summed E-state index contributed by atoms with van der Waals surface area (Å²) in [6.07, 6.45) is 3.52. The average molecular weight is 699 g/mol. The number of halogens is 4. The smallest absolute Gasteiger partial charge is 0.410 e. The van der Waals surface area contributed by atoms with E-state index in [2.05, 4.69) is 32.2 Å². The highest BCUT2D eigenvalue weighted by atomic mass is 79.9. The van der Waals surface area contributed by atoms with Crippen LogP contribution in [0.2, 0.25) is 0 Å². The molecule has 224 valence electrons. The number of hydrogen-bond acceptors (Lipinski definition) is 4. The van der Waals surface area contributed by atoms with E-state index in [1.54, 1.807) is 9.80 Å². The van der Waals surface area contributed by atoms with E-state index in [9.17, 15) is 13.6 Å². The van der Waals surface area contributed by atoms with Crippen LogP contribution in [0.4, 0.5) is 19.3 Å². The van der Waals surface area contributed by atoms with E-state index in [1.807, 2.05) is 45.0 Å². The molecule has 41 heavy (non-hydrogen) atoms. The molecule has 1 amide bonds. The summed E-state index contributed by atoms with van der Waals surface area (Å²) in [6, 6.07) is 12.0. The minimum Gasteiger partial charge on any atom is -0.444 e. The van der Waals surface area contributed by atoms with Crippen LogP contribution in [0, 0.1) is 11.6 Å². The zero-order valence-electron chi connectivity index (χ0n) is 23.8. The second-order valence-corrected chi connectivity index (χ2v) is 11.9. The van der Waals surface area contributed by atoms with Crippen LogP contribution in [0.1, 0.15) is 39.2 Å². The van der Waals surface area contributed by atoms with Gasteiger partial charge in [-0.05, 0) is 63.4 Å². The molecule has 0 aliphatic carbocycles. The molecule has 0 unspecified atom stereocenters. The quantitative estimate of drug-likeness (QED) is 0.219. The van der Waals surface area contributed by atoms with Crippen molar-refractivity contribution in [1.82, 2.24) is 15.1 Å². The molecule has 2 saturated heterocycles. The summed E-state index contributed by atoms with van der Waals surface area (Å²) in [4.78, 5) is 22.9. The van der Waals surface area contributed by atoms with Crippen molar-refractivity contribution in [3.05, 3.63) is 75.8 Å². The van der Waals surface area contributed by atoms with Crippen LogP contribution in [-0.2, 0) is 11.3 Å². The Morgan fingerprint density at radius 1 is 0.976 bits per heavy atom. The molecule has 7 nitrogen and oxygen atoms in total. The molecule has 2 fully saturated rings. The molecular weight excluding hydrogens is 660 g/mol. The minimum atomic E-state index is -0.542. The molecule has 2 aliphatic heterocycles. The number of nitrogens with one attached hydrogen (secondary N) is 1. The fourth-order valence-corrected chi connectivity index (χ4v) is 5.01. The largest absolute Gasteiger partial charge is 0.444 e. The maximum absolute atomic E-state index is 14.3. The van der Waals surface area contributed by atoms with E-state index in [1.165, 1.54) is 23.8 Å². The van der Waals surface area contributed by atoms with Gasteiger partial charge in [0.15, 0.2) is 5.96 Å². The summed E-state index contributed by atoms with van der Waals surface area (Å²) in [5.41, 5.74) is 1.91. The lowest BCUT2D eigenvalue weighted by Gasteiger charge is -2.38. The van der Waals surface area contributed by atoms with Gasteiger partial charge in [-0.3, -0.25) is 0 Å². The number of amides is 1. The molecule has 0 saturated carbocycles.